The first-order valence-electron chi connectivity index (χ1n) is 12.3. The zero-order valence-corrected chi connectivity index (χ0v) is 22.0. The molecule has 210 valence electrons. The summed E-state index contributed by atoms with van der Waals surface area (Å²) in [6.45, 7) is 3.02. The predicted molar refractivity (Wildman–Crippen MR) is 142 cm³/mol. The van der Waals surface area contributed by atoms with E-state index in [0.717, 1.165) is 0 Å². The first-order chi connectivity index (χ1) is 18.9. The third-order valence-electron chi connectivity index (χ3n) is 5.71. The number of anilines is 1. The number of benzene rings is 2. The number of rotatable bonds is 6. The molecular weight excluding hydrogens is 512 g/mol. The van der Waals surface area contributed by atoms with E-state index in [9.17, 15) is 19.7 Å². The van der Waals surface area contributed by atoms with Gasteiger partial charge in [-0.3, -0.25) is 14.9 Å². The maximum atomic E-state index is 12.1. The van der Waals surface area contributed by atoms with Crippen LogP contribution in [0.25, 0.3) is 12.2 Å². The van der Waals surface area contributed by atoms with Gasteiger partial charge in [-0.15, -0.1) is 0 Å². The van der Waals surface area contributed by atoms with Crippen molar-refractivity contribution in [2.75, 3.05) is 78.5 Å². The molecule has 0 saturated heterocycles. The second-order valence-electron chi connectivity index (χ2n) is 8.27. The zero-order chi connectivity index (χ0) is 28.0. The van der Waals surface area contributed by atoms with Gasteiger partial charge in [-0.2, -0.15) is 0 Å². The van der Waals surface area contributed by atoms with Gasteiger partial charge in [0.15, 0.2) is 0 Å². The molecule has 0 radical (unpaired) electrons. The standard InChI is InChI=1S/C27H32N2O10/c1-34-26(30)19-28-9-10-36-11-12-37-13-14-38-15-16-39-25-17-20(4-8-23(25)28)3-5-21-6-7-22(27(31)35-2)18-24(21)29(32)33/h3-8,17-18H,9-16,19H2,1-2H3. The molecule has 0 atom stereocenters. The summed E-state index contributed by atoms with van der Waals surface area (Å²) in [5.41, 5.74) is 1.51. The molecule has 12 nitrogen and oxygen atoms in total. The molecule has 1 aliphatic heterocycles. The lowest BCUT2D eigenvalue weighted by Crippen LogP contribution is -2.34. The van der Waals surface area contributed by atoms with E-state index < -0.39 is 16.9 Å². The molecule has 0 aromatic heterocycles. The normalized spacial score (nSPS) is 15.4. The minimum absolute atomic E-state index is 0.0167. The number of hydrogen-bond acceptors (Lipinski definition) is 11. The largest absolute Gasteiger partial charge is 0.489 e. The molecule has 0 spiro atoms. The third-order valence-corrected chi connectivity index (χ3v) is 5.71. The summed E-state index contributed by atoms with van der Waals surface area (Å²) in [4.78, 5) is 36.8. The van der Waals surface area contributed by atoms with E-state index in [2.05, 4.69) is 4.74 Å². The Morgan fingerprint density at radius 2 is 1.62 bits per heavy atom. The SMILES string of the molecule is COC(=O)CN1CCOCCOCCOCCOc2cc(C=Cc3ccc(C(=O)OC)cc3[N+](=O)[O-])ccc21. The molecule has 0 unspecified atom stereocenters. The minimum Gasteiger partial charge on any atom is -0.489 e. The van der Waals surface area contributed by atoms with E-state index in [-0.39, 0.29) is 24.4 Å². The van der Waals surface area contributed by atoms with Crippen molar-refractivity contribution in [1.82, 2.24) is 0 Å². The summed E-state index contributed by atoms with van der Waals surface area (Å²) >= 11 is 0. The summed E-state index contributed by atoms with van der Waals surface area (Å²) in [5.74, 6) is -0.588. The fourth-order valence-electron chi connectivity index (χ4n) is 3.72. The van der Waals surface area contributed by atoms with Gasteiger partial charge in [-0.05, 0) is 35.9 Å². The van der Waals surface area contributed by atoms with Crippen LogP contribution in [0, 0.1) is 10.1 Å². The summed E-state index contributed by atoms with van der Waals surface area (Å²) < 4.78 is 32.2. The summed E-state index contributed by atoms with van der Waals surface area (Å²) in [6, 6.07) is 9.50. The maximum absolute atomic E-state index is 12.1. The van der Waals surface area contributed by atoms with Crippen molar-refractivity contribution in [2.24, 2.45) is 0 Å². The number of hydrogen-bond donors (Lipinski definition) is 0. The number of carbonyl (C=O) groups is 2. The molecule has 0 amide bonds. The van der Waals surface area contributed by atoms with Crippen molar-refractivity contribution in [2.45, 2.75) is 0 Å². The molecule has 3 rings (SSSR count). The maximum Gasteiger partial charge on any atom is 0.338 e. The lowest BCUT2D eigenvalue weighted by Gasteiger charge is -2.26. The molecule has 0 saturated carbocycles. The second-order valence-corrected chi connectivity index (χ2v) is 8.27. The Bertz CT molecular complexity index is 1170. The molecule has 2 aromatic rings. The average Bonchev–Trinajstić information content (AvgIpc) is 2.95. The highest BCUT2D eigenvalue weighted by molar-refractivity contribution is 5.91. The number of methoxy groups -OCH3 is 2. The van der Waals surface area contributed by atoms with Crippen LogP contribution in [-0.2, 0) is 28.5 Å². The van der Waals surface area contributed by atoms with Crippen LogP contribution in [0.1, 0.15) is 21.5 Å². The van der Waals surface area contributed by atoms with Crippen LogP contribution in [0.15, 0.2) is 36.4 Å². The van der Waals surface area contributed by atoms with E-state index in [4.69, 9.17) is 23.7 Å². The first-order valence-corrected chi connectivity index (χ1v) is 12.3. The van der Waals surface area contributed by atoms with Crippen LogP contribution in [-0.4, -0.2) is 90.4 Å². The van der Waals surface area contributed by atoms with Crippen molar-refractivity contribution in [3.63, 3.8) is 0 Å². The van der Waals surface area contributed by atoms with Gasteiger partial charge in [0.25, 0.3) is 5.69 Å². The fourth-order valence-corrected chi connectivity index (χ4v) is 3.72. The highest BCUT2D eigenvalue weighted by Gasteiger charge is 2.19. The summed E-state index contributed by atoms with van der Waals surface area (Å²) in [6.07, 6.45) is 3.28. The highest BCUT2D eigenvalue weighted by Crippen LogP contribution is 2.31. The van der Waals surface area contributed by atoms with Gasteiger partial charge in [0.1, 0.15) is 18.9 Å². The molecule has 0 bridgehead atoms. The molecule has 12 heteroatoms. The number of carbonyl (C=O) groups excluding carboxylic acids is 2. The molecular formula is C27H32N2O10. The molecule has 2 aromatic carbocycles. The van der Waals surface area contributed by atoms with Crippen LogP contribution in [0.5, 0.6) is 5.75 Å². The van der Waals surface area contributed by atoms with Crippen molar-refractivity contribution in [3.05, 3.63) is 63.2 Å². The Kier molecular flexibility index (Phi) is 11.7. The van der Waals surface area contributed by atoms with Gasteiger partial charge in [-0.1, -0.05) is 12.1 Å². The first kappa shape index (κ1) is 29.6. The van der Waals surface area contributed by atoms with E-state index >= 15 is 0 Å². The van der Waals surface area contributed by atoms with Crippen molar-refractivity contribution in [1.29, 1.82) is 0 Å². The van der Waals surface area contributed by atoms with Crippen molar-refractivity contribution < 1.29 is 42.9 Å². The van der Waals surface area contributed by atoms with E-state index in [1.165, 1.54) is 32.4 Å². The van der Waals surface area contributed by atoms with Crippen molar-refractivity contribution >= 4 is 35.5 Å². The average molecular weight is 545 g/mol. The molecule has 0 N–H and O–H groups in total. The van der Waals surface area contributed by atoms with Gasteiger partial charge in [0.05, 0.1) is 75.6 Å². The zero-order valence-electron chi connectivity index (χ0n) is 22.0. The van der Waals surface area contributed by atoms with Gasteiger partial charge in [0, 0.05) is 12.6 Å². The van der Waals surface area contributed by atoms with Crippen LogP contribution >= 0.6 is 0 Å². The van der Waals surface area contributed by atoms with Crippen molar-refractivity contribution in [3.8, 4) is 5.75 Å². The molecule has 39 heavy (non-hydrogen) atoms. The Balaban J connectivity index is 1.91. The molecule has 1 aliphatic rings. The minimum atomic E-state index is -0.661. The Morgan fingerprint density at radius 3 is 2.28 bits per heavy atom. The third kappa shape index (κ3) is 9.06. The number of esters is 2. The second kappa shape index (κ2) is 15.4. The van der Waals surface area contributed by atoms with Crippen LogP contribution in [0.3, 0.4) is 0 Å². The molecule has 1 heterocycles. The summed E-state index contributed by atoms with van der Waals surface area (Å²) in [5, 5.41) is 11.6. The lowest BCUT2D eigenvalue weighted by atomic mass is 10.1. The number of nitro benzene ring substituents is 1. The molecule has 0 fully saturated rings. The Hall–Kier alpha value is -4.00. The monoisotopic (exact) mass is 544 g/mol. The number of ether oxygens (including phenoxy) is 6. The van der Waals surface area contributed by atoms with Crippen LogP contribution in [0.2, 0.25) is 0 Å². The van der Waals surface area contributed by atoms with E-state index in [1.807, 2.05) is 0 Å². The Morgan fingerprint density at radius 1 is 0.923 bits per heavy atom. The van der Waals surface area contributed by atoms with Gasteiger partial charge < -0.3 is 33.3 Å². The number of fused-ring (bicyclic) bond motifs is 1. The lowest BCUT2D eigenvalue weighted by molar-refractivity contribution is -0.385. The Labute approximate surface area is 226 Å². The summed E-state index contributed by atoms with van der Waals surface area (Å²) in [7, 11) is 2.53. The van der Waals surface area contributed by atoms with Crippen LogP contribution < -0.4 is 9.64 Å². The highest BCUT2D eigenvalue weighted by atomic mass is 16.6. The predicted octanol–water partition coefficient (Wildman–Crippen LogP) is 2.97. The fraction of sp³-hybridized carbons (Fsp3) is 0.407. The van der Waals surface area contributed by atoms with Crippen LogP contribution in [0.4, 0.5) is 11.4 Å². The molecule has 0 aliphatic carbocycles. The smallest absolute Gasteiger partial charge is 0.338 e. The number of nitro groups is 1. The van der Waals surface area contributed by atoms with Gasteiger partial charge in [0.2, 0.25) is 0 Å². The quantitative estimate of drug-likeness (QED) is 0.230. The van der Waals surface area contributed by atoms with E-state index in [0.29, 0.717) is 68.7 Å². The topological polar surface area (TPSA) is 136 Å². The van der Waals surface area contributed by atoms with Gasteiger partial charge >= 0.3 is 11.9 Å². The van der Waals surface area contributed by atoms with Gasteiger partial charge in [-0.25, -0.2) is 4.79 Å². The van der Waals surface area contributed by atoms with E-state index in [1.54, 1.807) is 35.3 Å². The number of nitrogens with zero attached hydrogens (tertiary/aromatic N) is 2.